The van der Waals surface area contributed by atoms with Crippen LogP contribution in [0.5, 0.6) is 5.75 Å². The van der Waals surface area contributed by atoms with Gasteiger partial charge in [-0.2, -0.15) is 0 Å². The van der Waals surface area contributed by atoms with E-state index in [1.54, 1.807) is 11.4 Å². The summed E-state index contributed by atoms with van der Waals surface area (Å²) in [6.07, 6.45) is 0. The van der Waals surface area contributed by atoms with Gasteiger partial charge < -0.3 is 10.1 Å². The van der Waals surface area contributed by atoms with Crippen LogP contribution in [0.25, 0.3) is 0 Å². The monoisotopic (exact) mass is 549 g/mol. The number of hydrogen-bond acceptors (Lipinski definition) is 7. The number of benzene rings is 2. The fraction of sp³-hybridized carbons (Fsp3) is 0.105. The third-order valence-corrected chi connectivity index (χ3v) is 8.95. The number of thiophene rings is 1. The smallest absolute Gasteiger partial charge is 0.271 e. The molecule has 0 radical (unpaired) electrons. The minimum Gasteiger partial charge on any atom is -0.495 e. The second-order valence-electron chi connectivity index (χ2n) is 6.50. The lowest BCUT2D eigenvalue weighted by atomic mass is 10.3. The minimum atomic E-state index is -4.25. The summed E-state index contributed by atoms with van der Waals surface area (Å²) >= 11 is 13.1. The molecule has 0 saturated carbocycles. The molecular formula is C19H17Cl2N3O6S3. The van der Waals surface area contributed by atoms with Gasteiger partial charge in [-0.3, -0.25) is 14.2 Å². The minimum absolute atomic E-state index is 0.00195. The molecule has 0 bridgehead atoms. The number of carbonyl (C=O) groups excluding carboxylic acids is 1. The predicted octanol–water partition coefficient (Wildman–Crippen LogP) is 4.62. The van der Waals surface area contributed by atoms with Crippen molar-refractivity contribution in [2.75, 3.05) is 21.9 Å². The number of ether oxygens (including phenoxy) is 1. The third kappa shape index (κ3) is 5.89. The molecule has 14 heteroatoms. The van der Waals surface area contributed by atoms with Crippen molar-refractivity contribution >= 4 is 77.6 Å². The van der Waals surface area contributed by atoms with Crippen molar-refractivity contribution in [3.63, 3.8) is 0 Å². The third-order valence-electron chi connectivity index (χ3n) is 4.10. The normalized spacial score (nSPS) is 11.6. The van der Waals surface area contributed by atoms with E-state index in [-0.39, 0.29) is 42.0 Å². The van der Waals surface area contributed by atoms with E-state index in [0.717, 1.165) is 11.3 Å². The van der Waals surface area contributed by atoms with Gasteiger partial charge in [0.05, 0.1) is 39.1 Å². The summed E-state index contributed by atoms with van der Waals surface area (Å²) in [6, 6.07) is 9.18. The Bertz CT molecular complexity index is 1410. The molecule has 0 aliphatic heterocycles. The SMILES string of the molecule is COc1ccc(S(=O)(=O)Nc2cc(Cl)c(Cl)cc2NS(=O)(=O)c2cccs2)cc1NC(C)=O. The molecule has 1 aromatic heterocycles. The Hall–Kier alpha value is -2.51. The number of hydrogen-bond donors (Lipinski definition) is 3. The molecule has 0 fully saturated rings. The summed E-state index contributed by atoms with van der Waals surface area (Å²) in [5, 5.41) is 4.09. The van der Waals surface area contributed by atoms with Gasteiger partial charge in [-0.05, 0) is 41.8 Å². The van der Waals surface area contributed by atoms with Crippen molar-refractivity contribution in [1.29, 1.82) is 0 Å². The highest BCUT2D eigenvalue weighted by Gasteiger charge is 2.23. The number of nitrogens with one attached hydrogen (secondary N) is 3. The van der Waals surface area contributed by atoms with Crippen LogP contribution >= 0.6 is 34.5 Å². The highest BCUT2D eigenvalue weighted by Crippen LogP contribution is 2.36. The lowest BCUT2D eigenvalue weighted by Gasteiger charge is -2.16. The zero-order valence-corrected chi connectivity index (χ0v) is 21.0. The molecule has 176 valence electrons. The van der Waals surface area contributed by atoms with Crippen LogP contribution in [0.15, 0.2) is 56.9 Å². The summed E-state index contributed by atoms with van der Waals surface area (Å²) in [7, 11) is -6.88. The van der Waals surface area contributed by atoms with E-state index in [0.29, 0.717) is 0 Å². The van der Waals surface area contributed by atoms with E-state index < -0.39 is 26.0 Å². The van der Waals surface area contributed by atoms with Crippen molar-refractivity contribution in [2.45, 2.75) is 16.0 Å². The van der Waals surface area contributed by atoms with Gasteiger partial charge in [-0.1, -0.05) is 29.3 Å². The first-order valence-electron chi connectivity index (χ1n) is 8.97. The van der Waals surface area contributed by atoms with Gasteiger partial charge in [0.1, 0.15) is 9.96 Å². The van der Waals surface area contributed by atoms with E-state index in [4.69, 9.17) is 27.9 Å². The number of halogens is 2. The Labute approximate surface area is 204 Å². The van der Waals surface area contributed by atoms with Gasteiger partial charge in [0, 0.05) is 6.92 Å². The average molecular weight is 550 g/mol. The number of sulfonamides is 2. The van der Waals surface area contributed by atoms with E-state index >= 15 is 0 Å². The van der Waals surface area contributed by atoms with Crippen LogP contribution in [-0.2, 0) is 24.8 Å². The Balaban J connectivity index is 2.02. The molecule has 3 N–H and O–H groups in total. The maximum absolute atomic E-state index is 13.1. The van der Waals surface area contributed by atoms with Gasteiger partial charge in [-0.25, -0.2) is 16.8 Å². The number of rotatable bonds is 8. The number of amides is 1. The van der Waals surface area contributed by atoms with Gasteiger partial charge in [0.15, 0.2) is 0 Å². The van der Waals surface area contributed by atoms with Gasteiger partial charge in [0.2, 0.25) is 5.91 Å². The van der Waals surface area contributed by atoms with Crippen LogP contribution in [0.3, 0.4) is 0 Å². The lowest BCUT2D eigenvalue weighted by molar-refractivity contribution is -0.114. The highest BCUT2D eigenvalue weighted by atomic mass is 35.5. The number of methoxy groups -OCH3 is 1. The van der Waals surface area contributed by atoms with Gasteiger partial charge >= 0.3 is 0 Å². The Morgan fingerprint density at radius 3 is 2.03 bits per heavy atom. The lowest BCUT2D eigenvalue weighted by Crippen LogP contribution is -2.17. The highest BCUT2D eigenvalue weighted by molar-refractivity contribution is 7.94. The number of carbonyl (C=O) groups is 1. The topological polar surface area (TPSA) is 131 Å². The second kappa shape index (κ2) is 9.77. The van der Waals surface area contributed by atoms with E-state index in [9.17, 15) is 21.6 Å². The van der Waals surface area contributed by atoms with Crippen molar-refractivity contribution in [2.24, 2.45) is 0 Å². The predicted molar refractivity (Wildman–Crippen MR) is 130 cm³/mol. The van der Waals surface area contributed by atoms with Crippen LogP contribution in [-0.4, -0.2) is 29.9 Å². The molecule has 1 heterocycles. The molecule has 0 aliphatic rings. The first-order valence-corrected chi connectivity index (χ1v) is 13.6. The molecule has 3 rings (SSSR count). The van der Waals surface area contributed by atoms with Gasteiger partial charge in [-0.15, -0.1) is 11.3 Å². The Morgan fingerprint density at radius 2 is 1.52 bits per heavy atom. The van der Waals surface area contributed by atoms with Crippen LogP contribution in [0, 0.1) is 0 Å². The summed E-state index contributed by atoms with van der Waals surface area (Å²) in [5.74, 6) is -0.173. The average Bonchev–Trinajstić information content (AvgIpc) is 3.27. The molecular weight excluding hydrogens is 533 g/mol. The fourth-order valence-electron chi connectivity index (χ4n) is 2.67. The zero-order chi connectivity index (χ0) is 24.4. The molecule has 2 aromatic carbocycles. The van der Waals surface area contributed by atoms with Crippen LogP contribution in [0.4, 0.5) is 17.1 Å². The summed E-state index contributed by atoms with van der Waals surface area (Å²) in [6.45, 7) is 1.26. The van der Waals surface area contributed by atoms with Crippen LogP contribution in [0.1, 0.15) is 6.92 Å². The van der Waals surface area contributed by atoms with Gasteiger partial charge in [0.25, 0.3) is 20.0 Å². The van der Waals surface area contributed by atoms with Crippen molar-refractivity contribution in [3.05, 3.63) is 57.9 Å². The molecule has 0 aliphatic carbocycles. The Morgan fingerprint density at radius 1 is 0.909 bits per heavy atom. The first-order chi connectivity index (χ1) is 15.4. The quantitative estimate of drug-likeness (QED) is 0.375. The summed E-state index contributed by atoms with van der Waals surface area (Å²) in [5.41, 5.74) is -0.140. The largest absolute Gasteiger partial charge is 0.495 e. The summed E-state index contributed by atoms with van der Waals surface area (Å²) in [4.78, 5) is 11.2. The maximum Gasteiger partial charge on any atom is 0.271 e. The van der Waals surface area contributed by atoms with E-state index in [1.807, 2.05) is 0 Å². The molecule has 0 atom stereocenters. The van der Waals surface area contributed by atoms with Crippen LogP contribution < -0.4 is 19.5 Å². The zero-order valence-electron chi connectivity index (χ0n) is 17.0. The van der Waals surface area contributed by atoms with Crippen LogP contribution in [0.2, 0.25) is 10.0 Å². The van der Waals surface area contributed by atoms with E-state index in [2.05, 4.69) is 14.8 Å². The Kier molecular flexibility index (Phi) is 7.44. The van der Waals surface area contributed by atoms with Crippen molar-refractivity contribution in [3.8, 4) is 5.75 Å². The standard InChI is InChI=1S/C19H17Cl2N3O6S3/c1-11(25)22-17-8-12(5-6-18(17)30-2)32(26,27)23-15-9-13(20)14(21)10-16(15)24-33(28,29)19-4-3-7-31-19/h3-10,23-24H,1-2H3,(H,22,25). The molecule has 33 heavy (non-hydrogen) atoms. The maximum atomic E-state index is 13.1. The van der Waals surface area contributed by atoms with Crippen molar-refractivity contribution < 1.29 is 26.4 Å². The van der Waals surface area contributed by atoms with Crippen molar-refractivity contribution in [1.82, 2.24) is 0 Å². The van der Waals surface area contributed by atoms with E-state index in [1.165, 1.54) is 50.4 Å². The molecule has 0 spiro atoms. The molecule has 3 aromatic rings. The molecule has 9 nitrogen and oxygen atoms in total. The second-order valence-corrected chi connectivity index (χ2v) is 11.9. The fourth-order valence-corrected chi connectivity index (χ4v) is 6.16. The molecule has 0 unspecified atom stereocenters. The first kappa shape index (κ1) is 25.1. The summed E-state index contributed by atoms with van der Waals surface area (Å²) < 4.78 is 61.2. The number of anilines is 3. The molecule has 0 saturated heterocycles. The molecule has 1 amide bonds.